The van der Waals surface area contributed by atoms with Gasteiger partial charge in [-0.15, -0.1) is 10.2 Å². The fourth-order valence-electron chi connectivity index (χ4n) is 8.41. The lowest BCUT2D eigenvalue weighted by Gasteiger charge is -2.19. The van der Waals surface area contributed by atoms with E-state index in [-0.39, 0.29) is 17.9 Å². The monoisotopic (exact) mass is 974 g/mol. The number of nitrogens with one attached hydrogen (secondary N) is 4. The van der Waals surface area contributed by atoms with Crippen molar-refractivity contribution in [2.24, 2.45) is 5.73 Å². The summed E-state index contributed by atoms with van der Waals surface area (Å²) in [6.45, 7) is 12.7. The smallest absolute Gasteiger partial charge is 0.298 e. The molecule has 4 aromatic rings. The second-order valence-electron chi connectivity index (χ2n) is 19.4. The lowest BCUT2D eigenvalue weighted by Crippen LogP contribution is -2.38. The highest BCUT2D eigenvalue weighted by molar-refractivity contribution is 8.13. The molecule has 6 N–H and O–H groups in total. The number of halogens is 1. The molecule has 4 aliphatic carbocycles. The molecule has 8 rings (SSSR count). The van der Waals surface area contributed by atoms with Gasteiger partial charge in [0.25, 0.3) is 29.4 Å². The van der Waals surface area contributed by atoms with Crippen molar-refractivity contribution in [3.8, 4) is 0 Å². The van der Waals surface area contributed by atoms with Gasteiger partial charge in [-0.25, -0.2) is 31.3 Å². The maximum atomic E-state index is 12.5. The van der Waals surface area contributed by atoms with Crippen molar-refractivity contribution >= 4 is 61.1 Å². The Bertz CT molecular complexity index is 2440. The molecular formula is C44H71ClN12O5S2Si. The number of sulfonamides is 1. The van der Waals surface area contributed by atoms with Crippen molar-refractivity contribution in [1.82, 2.24) is 44.5 Å². The predicted molar refractivity (Wildman–Crippen MR) is 262 cm³/mol. The molecule has 360 valence electrons. The standard InChI is InChI=1S/C20H29ClN4O3SSi.C19H28N6O2S.C5H14N2/c1-30(2,3)11-10-28-13-25-19(23-20(24-25)29(21,26)27)22-18-16-8-4-6-14(16)12-15-7-5-9-17(15)18;1-12(25(2)3)11-20-28(26,27)19-22-18(23-24-19)21-17-15-8-4-6-13(15)10-14-7-5-9-16(14)17;1-5(4-6)7(2)3/h12H,4-11,13H2,1-3H3,(H,22,23,24);10,12,20H,4-9,11H2,1-3H3,(H2,21,22,23,24);5H,4,6H2,1-3H3. The van der Waals surface area contributed by atoms with Crippen LogP contribution in [0.4, 0.5) is 23.3 Å². The topological polar surface area (TPSA) is 218 Å². The Labute approximate surface area is 391 Å². The zero-order valence-electron chi connectivity index (χ0n) is 39.8. The molecule has 0 bridgehead atoms. The Morgan fingerprint density at radius 1 is 0.785 bits per heavy atom. The molecular weight excluding hydrogens is 904 g/mol. The summed E-state index contributed by atoms with van der Waals surface area (Å²) in [5.74, 6) is 0.659. The molecule has 2 aromatic heterocycles. The van der Waals surface area contributed by atoms with Crippen LogP contribution in [-0.2, 0) is 81.9 Å². The Morgan fingerprint density at radius 3 is 1.71 bits per heavy atom. The molecule has 17 nitrogen and oxygen atoms in total. The minimum absolute atomic E-state index is 0.0739. The van der Waals surface area contributed by atoms with Crippen LogP contribution >= 0.6 is 10.7 Å². The van der Waals surface area contributed by atoms with Crippen molar-refractivity contribution in [2.45, 2.75) is 146 Å². The van der Waals surface area contributed by atoms with Gasteiger partial charge in [-0.3, -0.25) is 0 Å². The average molecular weight is 976 g/mol. The van der Waals surface area contributed by atoms with Gasteiger partial charge in [-0.1, -0.05) is 31.8 Å². The summed E-state index contributed by atoms with van der Waals surface area (Å²) in [6.07, 6.45) is 13.1. The number of aromatic nitrogens is 6. The van der Waals surface area contributed by atoms with E-state index in [2.05, 4.69) is 84.2 Å². The van der Waals surface area contributed by atoms with E-state index in [4.69, 9.17) is 21.2 Å². The van der Waals surface area contributed by atoms with Crippen LogP contribution in [0.5, 0.6) is 0 Å². The normalized spacial score (nSPS) is 16.3. The number of benzene rings is 2. The van der Waals surface area contributed by atoms with Gasteiger partial charge in [-0.2, -0.15) is 9.97 Å². The number of H-pyrrole nitrogens is 1. The van der Waals surface area contributed by atoms with Crippen LogP contribution in [0.1, 0.15) is 84.0 Å². The fourth-order valence-corrected chi connectivity index (χ4v) is 10.7. The van der Waals surface area contributed by atoms with Gasteiger partial charge < -0.3 is 30.9 Å². The van der Waals surface area contributed by atoms with E-state index in [1.165, 1.54) is 49.2 Å². The number of aromatic amines is 1. The number of anilines is 4. The summed E-state index contributed by atoms with van der Waals surface area (Å²) >= 11 is 0. The van der Waals surface area contributed by atoms with Crippen LogP contribution in [0.25, 0.3) is 0 Å². The largest absolute Gasteiger partial charge is 0.359 e. The first kappa shape index (κ1) is 50.9. The van der Waals surface area contributed by atoms with Gasteiger partial charge in [0, 0.05) is 61.9 Å². The third-order valence-corrected chi connectivity index (χ3v) is 16.9. The quantitative estimate of drug-likeness (QED) is 0.0474. The zero-order valence-corrected chi connectivity index (χ0v) is 43.2. The Balaban J connectivity index is 0.000000188. The number of likely N-dealkylation sites (N-methyl/N-ethyl adjacent to an activating group) is 2. The second kappa shape index (κ2) is 21.7. The van der Waals surface area contributed by atoms with Crippen molar-refractivity contribution in [3.63, 3.8) is 0 Å². The van der Waals surface area contributed by atoms with Gasteiger partial charge in [-0.05, 0) is 170 Å². The maximum Gasteiger partial charge on any atom is 0.298 e. The number of ether oxygens (including phenoxy) is 1. The molecule has 65 heavy (non-hydrogen) atoms. The number of aryl methyl sites for hydroxylation is 4. The minimum atomic E-state index is -4.03. The summed E-state index contributed by atoms with van der Waals surface area (Å²) in [4.78, 5) is 12.5. The van der Waals surface area contributed by atoms with E-state index in [0.717, 1.165) is 101 Å². The predicted octanol–water partition coefficient (Wildman–Crippen LogP) is 5.89. The van der Waals surface area contributed by atoms with E-state index in [0.29, 0.717) is 31.1 Å². The summed E-state index contributed by atoms with van der Waals surface area (Å²) in [5.41, 5.74) is 18.4. The molecule has 2 atom stereocenters. The van der Waals surface area contributed by atoms with E-state index >= 15 is 0 Å². The second-order valence-corrected chi connectivity index (χ2v) is 29.2. The van der Waals surface area contributed by atoms with Gasteiger partial charge in [0.1, 0.15) is 6.73 Å². The molecule has 0 saturated carbocycles. The van der Waals surface area contributed by atoms with Crippen LogP contribution in [0.15, 0.2) is 22.4 Å². The molecule has 0 radical (unpaired) electrons. The Kier molecular flexibility index (Phi) is 17.0. The molecule has 0 saturated heterocycles. The number of hydrogen-bond donors (Lipinski definition) is 5. The fraction of sp³-hybridized carbons (Fsp3) is 0.636. The van der Waals surface area contributed by atoms with Crippen molar-refractivity contribution in [3.05, 3.63) is 56.6 Å². The molecule has 0 spiro atoms. The minimum Gasteiger partial charge on any atom is -0.359 e. The van der Waals surface area contributed by atoms with E-state index < -0.39 is 32.3 Å². The van der Waals surface area contributed by atoms with Crippen LogP contribution in [0.3, 0.4) is 0 Å². The lowest BCUT2D eigenvalue weighted by molar-refractivity contribution is 0.0792. The molecule has 0 fully saturated rings. The third-order valence-electron chi connectivity index (χ3n) is 12.9. The third kappa shape index (κ3) is 13.2. The van der Waals surface area contributed by atoms with E-state index in [1.54, 1.807) is 0 Å². The number of hydrogen-bond acceptors (Lipinski definition) is 14. The van der Waals surface area contributed by atoms with Crippen LogP contribution < -0.4 is 21.1 Å². The molecule has 4 aliphatic rings. The first-order chi connectivity index (χ1) is 30.6. The summed E-state index contributed by atoms with van der Waals surface area (Å²) in [6, 6.07) is 6.32. The van der Waals surface area contributed by atoms with Gasteiger partial charge in [0.15, 0.2) is 0 Å². The Hall–Kier alpha value is -3.47. The molecule has 2 heterocycles. The summed E-state index contributed by atoms with van der Waals surface area (Å²) in [5, 5.41) is 17.0. The number of nitrogens with zero attached hydrogens (tertiary/aromatic N) is 7. The molecule has 21 heteroatoms. The molecule has 2 aromatic carbocycles. The van der Waals surface area contributed by atoms with E-state index in [1.807, 2.05) is 40.0 Å². The number of nitrogens with two attached hydrogens (primary N) is 1. The first-order valence-electron chi connectivity index (χ1n) is 22.9. The van der Waals surface area contributed by atoms with E-state index in [9.17, 15) is 16.8 Å². The van der Waals surface area contributed by atoms with Crippen molar-refractivity contribution in [2.75, 3.05) is 58.5 Å². The zero-order chi connectivity index (χ0) is 47.3. The molecule has 0 aliphatic heterocycles. The number of rotatable bonds is 17. The van der Waals surface area contributed by atoms with Gasteiger partial charge in [0.05, 0.1) is 0 Å². The average Bonchev–Trinajstić information content (AvgIpc) is 4.10. The Morgan fingerprint density at radius 2 is 1.28 bits per heavy atom. The molecule has 0 amide bonds. The van der Waals surface area contributed by atoms with Crippen molar-refractivity contribution < 1.29 is 21.6 Å². The first-order valence-corrected chi connectivity index (χ1v) is 30.4. The molecule has 2 unspecified atom stereocenters. The number of fused-ring (bicyclic) bond motifs is 4. The van der Waals surface area contributed by atoms with Crippen LogP contribution in [-0.4, -0.2) is 125 Å². The lowest BCUT2D eigenvalue weighted by atomic mass is 9.99. The van der Waals surface area contributed by atoms with Crippen molar-refractivity contribution in [1.29, 1.82) is 0 Å². The maximum absolute atomic E-state index is 12.5. The summed E-state index contributed by atoms with van der Waals surface area (Å²) < 4.78 is 58.6. The summed E-state index contributed by atoms with van der Waals surface area (Å²) in [7, 11) is 4.41. The SMILES string of the molecule is CC(CN)N(C)C.CC(CNS(=O)(=O)c1nc(Nc2c3c(cc4c2CCC4)CCC3)n[nH]1)N(C)C.C[Si](C)(C)CCOCn1nc(S(=O)(=O)Cl)nc1Nc1c2c(cc3c1CCC3)CCC2. The van der Waals surface area contributed by atoms with Crippen LogP contribution in [0, 0.1) is 0 Å². The highest BCUT2D eigenvalue weighted by atomic mass is 35.7. The van der Waals surface area contributed by atoms with Gasteiger partial charge in [0.2, 0.25) is 11.9 Å². The highest BCUT2D eigenvalue weighted by Gasteiger charge is 2.29. The van der Waals surface area contributed by atoms with Gasteiger partial charge >= 0.3 is 0 Å². The highest BCUT2D eigenvalue weighted by Crippen LogP contribution is 2.41. The van der Waals surface area contributed by atoms with Crippen LogP contribution in [0.2, 0.25) is 25.7 Å².